The van der Waals surface area contributed by atoms with E-state index in [9.17, 15) is 4.79 Å². The van der Waals surface area contributed by atoms with Crippen molar-refractivity contribution in [2.24, 2.45) is 5.92 Å². The summed E-state index contributed by atoms with van der Waals surface area (Å²) < 4.78 is 0. The Morgan fingerprint density at radius 3 is 2.54 bits per heavy atom. The summed E-state index contributed by atoms with van der Waals surface area (Å²) in [6.07, 6.45) is 4.30. The first kappa shape index (κ1) is 18.3. The van der Waals surface area contributed by atoms with Crippen molar-refractivity contribution in [2.75, 3.05) is 18.0 Å². The second kappa shape index (κ2) is 8.25. The lowest BCUT2D eigenvalue weighted by molar-refractivity contribution is -0.122. The van der Waals surface area contributed by atoms with Gasteiger partial charge in [0, 0.05) is 37.1 Å². The quantitative estimate of drug-likeness (QED) is 0.895. The van der Waals surface area contributed by atoms with Crippen molar-refractivity contribution in [3.8, 4) is 0 Å². The number of aryl methyl sites for hydroxylation is 2. The highest BCUT2D eigenvalue weighted by atomic mass is 16.1. The van der Waals surface area contributed by atoms with Gasteiger partial charge >= 0.3 is 0 Å². The largest absolute Gasteiger partial charge is 0.348 e. The zero-order valence-corrected chi connectivity index (χ0v) is 15.8. The van der Waals surface area contributed by atoms with Gasteiger partial charge in [0.25, 0.3) is 0 Å². The zero-order valence-electron chi connectivity index (χ0n) is 15.8. The van der Waals surface area contributed by atoms with Crippen LogP contribution in [0.1, 0.15) is 49.3 Å². The number of nitrogens with one attached hydrogen (secondary N) is 1. The van der Waals surface area contributed by atoms with Gasteiger partial charge in [0.1, 0.15) is 0 Å². The maximum atomic E-state index is 12.4. The van der Waals surface area contributed by atoms with Crippen molar-refractivity contribution in [3.63, 3.8) is 0 Å². The van der Waals surface area contributed by atoms with Crippen LogP contribution in [0.3, 0.4) is 0 Å². The van der Waals surface area contributed by atoms with Gasteiger partial charge in [0.15, 0.2) is 0 Å². The molecule has 2 aromatic rings. The normalized spacial score (nSPS) is 16.3. The van der Waals surface area contributed by atoms with E-state index in [1.165, 1.54) is 0 Å². The van der Waals surface area contributed by atoms with Crippen molar-refractivity contribution in [1.29, 1.82) is 0 Å². The highest BCUT2D eigenvalue weighted by Gasteiger charge is 2.24. The molecule has 1 atom stereocenters. The van der Waals surface area contributed by atoms with Crippen LogP contribution in [0, 0.1) is 19.8 Å². The fourth-order valence-electron chi connectivity index (χ4n) is 3.45. The molecule has 1 aliphatic rings. The van der Waals surface area contributed by atoms with E-state index in [0.717, 1.165) is 49.0 Å². The summed E-state index contributed by atoms with van der Waals surface area (Å²) in [5, 5.41) is 3.06. The highest BCUT2D eigenvalue weighted by molar-refractivity contribution is 5.76. The molecule has 0 aliphatic carbocycles. The molecule has 1 N–H and O–H groups in total. The molecule has 0 bridgehead atoms. The van der Waals surface area contributed by atoms with Crippen molar-refractivity contribution < 1.29 is 4.79 Å². The van der Waals surface area contributed by atoms with Gasteiger partial charge in [-0.05, 0) is 57.7 Å². The third-order valence-corrected chi connectivity index (χ3v) is 4.85. The number of aromatic nitrogens is 3. The van der Waals surface area contributed by atoms with Gasteiger partial charge in [-0.25, -0.2) is 9.97 Å². The standard InChI is InChI=1S/C20H27N5O/c1-14-12-15(2)23-20(22-14)25-10-7-17(8-11-25)13-19(26)24-16(3)18-6-4-5-9-21-18/h4-6,9,12,16-17H,7-8,10-11,13H2,1-3H3,(H,24,26)/t16-/m1/s1. The molecular weight excluding hydrogens is 326 g/mol. The molecule has 0 radical (unpaired) electrons. The summed E-state index contributed by atoms with van der Waals surface area (Å²) in [4.78, 5) is 28.0. The zero-order chi connectivity index (χ0) is 18.5. The average molecular weight is 353 g/mol. The number of carbonyl (C=O) groups excluding carboxylic acids is 1. The molecule has 0 saturated carbocycles. The van der Waals surface area contributed by atoms with Crippen molar-refractivity contribution >= 4 is 11.9 Å². The lowest BCUT2D eigenvalue weighted by Crippen LogP contribution is -2.37. The molecule has 0 unspecified atom stereocenters. The Kier molecular flexibility index (Phi) is 5.81. The molecule has 1 amide bonds. The fraction of sp³-hybridized carbons (Fsp3) is 0.500. The van der Waals surface area contributed by atoms with Gasteiger partial charge in [-0.1, -0.05) is 6.07 Å². The van der Waals surface area contributed by atoms with E-state index in [1.807, 2.05) is 45.0 Å². The van der Waals surface area contributed by atoms with Gasteiger partial charge in [0.2, 0.25) is 11.9 Å². The molecule has 1 aliphatic heterocycles. The molecule has 1 fully saturated rings. The summed E-state index contributed by atoms with van der Waals surface area (Å²) in [7, 11) is 0. The molecule has 0 spiro atoms. The minimum Gasteiger partial charge on any atom is -0.348 e. The summed E-state index contributed by atoms with van der Waals surface area (Å²) in [5.41, 5.74) is 2.89. The van der Waals surface area contributed by atoms with E-state index in [1.54, 1.807) is 6.20 Å². The minimum absolute atomic E-state index is 0.0625. The van der Waals surface area contributed by atoms with Crippen LogP contribution in [0.2, 0.25) is 0 Å². The molecule has 138 valence electrons. The van der Waals surface area contributed by atoms with Crippen molar-refractivity contribution in [2.45, 2.75) is 46.1 Å². The van der Waals surface area contributed by atoms with Crippen LogP contribution in [0.15, 0.2) is 30.5 Å². The number of nitrogens with zero attached hydrogens (tertiary/aromatic N) is 4. The summed E-state index contributed by atoms with van der Waals surface area (Å²) in [5.74, 6) is 1.33. The minimum atomic E-state index is -0.0625. The van der Waals surface area contributed by atoms with Crippen LogP contribution in [0.4, 0.5) is 5.95 Å². The van der Waals surface area contributed by atoms with E-state index in [4.69, 9.17) is 0 Å². The topological polar surface area (TPSA) is 71.0 Å². The Labute approximate surface area is 155 Å². The van der Waals surface area contributed by atoms with E-state index in [0.29, 0.717) is 12.3 Å². The number of anilines is 1. The second-order valence-electron chi connectivity index (χ2n) is 7.13. The van der Waals surface area contributed by atoms with Gasteiger partial charge in [-0.15, -0.1) is 0 Å². The van der Waals surface area contributed by atoms with Gasteiger partial charge in [0.05, 0.1) is 11.7 Å². The molecule has 0 aromatic carbocycles. The van der Waals surface area contributed by atoms with E-state index >= 15 is 0 Å². The molecular formula is C20H27N5O. The van der Waals surface area contributed by atoms with Crippen molar-refractivity contribution in [1.82, 2.24) is 20.3 Å². The van der Waals surface area contributed by atoms with Gasteiger partial charge < -0.3 is 10.2 Å². The smallest absolute Gasteiger partial charge is 0.225 e. The number of pyridine rings is 1. The Morgan fingerprint density at radius 2 is 1.92 bits per heavy atom. The van der Waals surface area contributed by atoms with Crippen LogP contribution >= 0.6 is 0 Å². The number of amides is 1. The third kappa shape index (κ3) is 4.77. The van der Waals surface area contributed by atoms with Crippen LogP contribution in [-0.2, 0) is 4.79 Å². The highest BCUT2D eigenvalue weighted by Crippen LogP contribution is 2.24. The first-order valence-electron chi connectivity index (χ1n) is 9.29. The molecule has 3 rings (SSSR count). The second-order valence-corrected chi connectivity index (χ2v) is 7.13. The molecule has 3 heterocycles. The Bertz CT molecular complexity index is 721. The number of hydrogen-bond donors (Lipinski definition) is 1. The summed E-state index contributed by atoms with van der Waals surface area (Å²) >= 11 is 0. The first-order valence-corrected chi connectivity index (χ1v) is 9.29. The van der Waals surface area contributed by atoms with E-state index in [-0.39, 0.29) is 11.9 Å². The number of carbonyl (C=O) groups is 1. The Hall–Kier alpha value is -2.50. The summed E-state index contributed by atoms with van der Waals surface area (Å²) in [6, 6.07) is 7.69. The number of rotatable bonds is 5. The van der Waals surface area contributed by atoms with Crippen LogP contribution in [0.5, 0.6) is 0 Å². The monoisotopic (exact) mass is 353 g/mol. The molecule has 1 saturated heterocycles. The first-order chi connectivity index (χ1) is 12.5. The van der Waals surface area contributed by atoms with E-state index < -0.39 is 0 Å². The summed E-state index contributed by atoms with van der Waals surface area (Å²) in [6.45, 7) is 7.77. The predicted molar refractivity (Wildman–Crippen MR) is 102 cm³/mol. The third-order valence-electron chi connectivity index (χ3n) is 4.85. The Morgan fingerprint density at radius 1 is 1.23 bits per heavy atom. The average Bonchev–Trinajstić information content (AvgIpc) is 2.62. The Balaban J connectivity index is 1.48. The van der Waals surface area contributed by atoms with Crippen LogP contribution < -0.4 is 10.2 Å². The lowest BCUT2D eigenvalue weighted by Gasteiger charge is -2.32. The van der Waals surface area contributed by atoms with Crippen LogP contribution in [0.25, 0.3) is 0 Å². The maximum absolute atomic E-state index is 12.4. The van der Waals surface area contributed by atoms with E-state index in [2.05, 4.69) is 25.2 Å². The molecule has 26 heavy (non-hydrogen) atoms. The lowest BCUT2D eigenvalue weighted by atomic mass is 9.93. The number of piperidine rings is 1. The van der Waals surface area contributed by atoms with Gasteiger partial charge in [-0.2, -0.15) is 0 Å². The van der Waals surface area contributed by atoms with Gasteiger partial charge in [-0.3, -0.25) is 9.78 Å². The van der Waals surface area contributed by atoms with Crippen molar-refractivity contribution in [3.05, 3.63) is 47.5 Å². The number of hydrogen-bond acceptors (Lipinski definition) is 5. The molecule has 6 heteroatoms. The predicted octanol–water partition coefficient (Wildman–Crippen LogP) is 2.97. The molecule has 2 aromatic heterocycles. The van der Waals surface area contributed by atoms with Crippen LogP contribution in [-0.4, -0.2) is 33.9 Å². The fourth-order valence-corrected chi connectivity index (χ4v) is 3.45. The molecule has 6 nitrogen and oxygen atoms in total. The maximum Gasteiger partial charge on any atom is 0.225 e. The SMILES string of the molecule is Cc1cc(C)nc(N2CCC(CC(=O)N[C@H](C)c3ccccn3)CC2)n1.